The molecule has 0 fully saturated rings. The van der Waals surface area contributed by atoms with Gasteiger partial charge in [0.2, 0.25) is 0 Å². The maximum atomic E-state index is 6.37. The van der Waals surface area contributed by atoms with E-state index in [1.807, 2.05) is 6.07 Å². The Hall–Kier alpha value is -6.90. The molecule has 1 aliphatic rings. The average molecular weight is 664 g/mol. The Morgan fingerprint density at radius 1 is 0.327 bits per heavy atom. The van der Waals surface area contributed by atoms with E-state index in [2.05, 4.69) is 199 Å². The van der Waals surface area contributed by atoms with E-state index in [1.54, 1.807) is 0 Å². The third kappa shape index (κ3) is 5.12. The van der Waals surface area contributed by atoms with Crippen LogP contribution in [0.2, 0.25) is 0 Å². The molecule has 0 aromatic heterocycles. The van der Waals surface area contributed by atoms with Crippen molar-refractivity contribution in [2.75, 3.05) is 4.90 Å². The fourth-order valence-corrected chi connectivity index (χ4v) is 7.78. The molecule has 9 aromatic carbocycles. The van der Waals surface area contributed by atoms with Gasteiger partial charge in [0.15, 0.2) is 0 Å². The highest BCUT2D eigenvalue weighted by atomic mass is 16.5. The lowest BCUT2D eigenvalue weighted by atomic mass is 9.90. The van der Waals surface area contributed by atoms with E-state index in [4.69, 9.17) is 4.74 Å². The summed E-state index contributed by atoms with van der Waals surface area (Å²) in [5.74, 6) is 1.79. The van der Waals surface area contributed by atoms with Gasteiger partial charge in [-0.3, -0.25) is 0 Å². The Morgan fingerprint density at radius 2 is 0.904 bits per heavy atom. The molecule has 52 heavy (non-hydrogen) atoms. The Labute approximate surface area is 303 Å². The number of nitrogens with zero attached hydrogens (tertiary/aromatic N) is 1. The van der Waals surface area contributed by atoms with Gasteiger partial charge >= 0.3 is 0 Å². The molecule has 0 amide bonds. The average Bonchev–Trinajstić information content (AvgIpc) is 3.22. The van der Waals surface area contributed by atoms with Crippen LogP contribution in [0.5, 0.6) is 11.5 Å². The molecular formula is C50H33NO. The van der Waals surface area contributed by atoms with E-state index in [-0.39, 0.29) is 0 Å². The Balaban J connectivity index is 1.14. The van der Waals surface area contributed by atoms with Gasteiger partial charge in [0.05, 0.1) is 5.69 Å². The van der Waals surface area contributed by atoms with E-state index in [1.165, 1.54) is 38.6 Å². The third-order valence-electron chi connectivity index (χ3n) is 10.3. The van der Waals surface area contributed by atoms with Crippen molar-refractivity contribution in [2.45, 2.75) is 0 Å². The first-order valence-corrected chi connectivity index (χ1v) is 17.8. The molecule has 244 valence electrons. The summed E-state index contributed by atoms with van der Waals surface area (Å²) in [6.45, 7) is 0. The number of para-hydroxylation sites is 2. The van der Waals surface area contributed by atoms with E-state index in [9.17, 15) is 0 Å². The molecule has 0 saturated heterocycles. The van der Waals surface area contributed by atoms with Crippen LogP contribution in [0.3, 0.4) is 0 Å². The number of fused-ring (bicyclic) bond motifs is 3. The van der Waals surface area contributed by atoms with Gasteiger partial charge in [0, 0.05) is 27.9 Å². The second-order valence-corrected chi connectivity index (χ2v) is 13.3. The predicted molar refractivity (Wildman–Crippen MR) is 218 cm³/mol. The van der Waals surface area contributed by atoms with E-state index >= 15 is 0 Å². The van der Waals surface area contributed by atoms with Crippen LogP contribution in [0.25, 0.3) is 66.1 Å². The lowest BCUT2D eigenvalue weighted by molar-refractivity contribution is 0.487. The molecule has 2 nitrogen and oxygen atoms in total. The van der Waals surface area contributed by atoms with Crippen LogP contribution in [-0.2, 0) is 0 Å². The van der Waals surface area contributed by atoms with Gasteiger partial charge in [-0.1, -0.05) is 146 Å². The van der Waals surface area contributed by atoms with Gasteiger partial charge in [-0.15, -0.1) is 0 Å². The summed E-state index contributed by atoms with van der Waals surface area (Å²) in [5.41, 5.74) is 12.7. The minimum atomic E-state index is 0.888. The minimum Gasteiger partial charge on any atom is -0.456 e. The van der Waals surface area contributed by atoms with Crippen LogP contribution in [-0.4, -0.2) is 0 Å². The van der Waals surface area contributed by atoms with E-state index < -0.39 is 0 Å². The normalized spacial score (nSPS) is 11.6. The zero-order valence-electron chi connectivity index (χ0n) is 28.4. The largest absolute Gasteiger partial charge is 0.456 e. The highest BCUT2D eigenvalue weighted by Gasteiger charge is 2.23. The summed E-state index contributed by atoms with van der Waals surface area (Å²) < 4.78 is 6.37. The number of anilines is 3. The fraction of sp³-hybridized carbons (Fsp3) is 0. The van der Waals surface area contributed by atoms with Crippen molar-refractivity contribution >= 4 is 38.6 Å². The van der Waals surface area contributed by atoms with Gasteiger partial charge in [-0.2, -0.15) is 0 Å². The molecule has 0 atom stereocenters. The van der Waals surface area contributed by atoms with Gasteiger partial charge < -0.3 is 9.64 Å². The predicted octanol–water partition coefficient (Wildman–Crippen LogP) is 14.2. The molecule has 1 heterocycles. The first-order valence-electron chi connectivity index (χ1n) is 17.8. The standard InChI is InChI=1S/C50H33NO/c1-2-12-34(13-3-1)35-24-28-40(29-25-35)51(41-30-26-37(27-31-41)43-20-10-15-36-14-4-5-17-42(36)43)47-21-8-6-18-44(47)39-32-38-16-11-23-49-50(38)46(33-39)45-19-7-9-22-48(45)52-49/h1-33H. The summed E-state index contributed by atoms with van der Waals surface area (Å²) in [6, 6.07) is 71.7. The number of benzene rings is 9. The molecule has 2 heteroatoms. The molecule has 10 rings (SSSR count). The van der Waals surface area contributed by atoms with Crippen molar-refractivity contribution in [1.82, 2.24) is 0 Å². The highest BCUT2D eigenvalue weighted by Crippen LogP contribution is 2.49. The lowest BCUT2D eigenvalue weighted by Crippen LogP contribution is -2.11. The topological polar surface area (TPSA) is 12.5 Å². The summed E-state index contributed by atoms with van der Waals surface area (Å²) in [7, 11) is 0. The maximum absolute atomic E-state index is 6.37. The Morgan fingerprint density at radius 3 is 1.73 bits per heavy atom. The van der Waals surface area contributed by atoms with Crippen LogP contribution in [0.15, 0.2) is 200 Å². The quantitative estimate of drug-likeness (QED) is 0.176. The summed E-state index contributed by atoms with van der Waals surface area (Å²) in [4.78, 5) is 2.39. The minimum absolute atomic E-state index is 0.888. The maximum Gasteiger partial charge on any atom is 0.135 e. The lowest BCUT2D eigenvalue weighted by Gasteiger charge is -2.29. The number of hydrogen-bond donors (Lipinski definition) is 0. The van der Waals surface area contributed by atoms with Crippen LogP contribution in [0, 0.1) is 0 Å². The van der Waals surface area contributed by atoms with Crippen molar-refractivity contribution in [3.63, 3.8) is 0 Å². The van der Waals surface area contributed by atoms with Crippen molar-refractivity contribution in [3.05, 3.63) is 200 Å². The van der Waals surface area contributed by atoms with Gasteiger partial charge in [0.1, 0.15) is 11.5 Å². The van der Waals surface area contributed by atoms with Crippen molar-refractivity contribution < 1.29 is 4.74 Å². The summed E-state index contributed by atoms with van der Waals surface area (Å²) >= 11 is 0. The molecule has 0 N–H and O–H groups in total. The molecule has 9 aromatic rings. The first-order chi connectivity index (χ1) is 25.8. The second kappa shape index (κ2) is 12.5. The molecule has 1 aliphatic heterocycles. The molecule has 0 radical (unpaired) electrons. The van der Waals surface area contributed by atoms with Crippen molar-refractivity contribution in [1.29, 1.82) is 0 Å². The Kier molecular flexibility index (Phi) is 7.18. The first kappa shape index (κ1) is 30.0. The van der Waals surface area contributed by atoms with Gasteiger partial charge in [-0.25, -0.2) is 0 Å². The molecule has 0 spiro atoms. The molecule has 0 unspecified atom stereocenters. The zero-order valence-corrected chi connectivity index (χ0v) is 28.4. The second-order valence-electron chi connectivity index (χ2n) is 13.3. The molecule has 0 bridgehead atoms. The van der Waals surface area contributed by atoms with Crippen molar-refractivity contribution in [2.24, 2.45) is 0 Å². The van der Waals surface area contributed by atoms with E-state index in [0.717, 1.165) is 56.0 Å². The smallest absolute Gasteiger partial charge is 0.135 e. The van der Waals surface area contributed by atoms with Gasteiger partial charge in [-0.05, 0) is 104 Å². The molecular weight excluding hydrogens is 631 g/mol. The number of hydrogen-bond acceptors (Lipinski definition) is 2. The van der Waals surface area contributed by atoms with Crippen LogP contribution in [0.1, 0.15) is 0 Å². The third-order valence-corrected chi connectivity index (χ3v) is 10.3. The fourth-order valence-electron chi connectivity index (χ4n) is 7.78. The number of ether oxygens (including phenoxy) is 1. The monoisotopic (exact) mass is 663 g/mol. The van der Waals surface area contributed by atoms with E-state index in [0.29, 0.717) is 0 Å². The van der Waals surface area contributed by atoms with Crippen LogP contribution < -0.4 is 9.64 Å². The Bertz CT molecular complexity index is 2740. The van der Waals surface area contributed by atoms with Crippen LogP contribution >= 0.6 is 0 Å². The highest BCUT2D eigenvalue weighted by molar-refractivity contribution is 6.07. The summed E-state index contributed by atoms with van der Waals surface area (Å²) in [6.07, 6.45) is 0. The SMILES string of the molecule is c1ccc(-c2ccc(N(c3ccc(-c4cccc5ccccc45)cc3)c3ccccc3-c3cc4c5c(cccc5c3)Oc3ccccc3-4)cc2)cc1. The van der Waals surface area contributed by atoms with Crippen LogP contribution in [0.4, 0.5) is 17.1 Å². The summed E-state index contributed by atoms with van der Waals surface area (Å²) in [5, 5.41) is 4.81. The van der Waals surface area contributed by atoms with Crippen molar-refractivity contribution in [3.8, 4) is 56.0 Å². The number of rotatable bonds is 6. The molecule has 0 aliphatic carbocycles. The molecule has 0 saturated carbocycles. The van der Waals surface area contributed by atoms with Gasteiger partial charge in [0.25, 0.3) is 0 Å². The zero-order chi connectivity index (χ0) is 34.4.